The summed E-state index contributed by atoms with van der Waals surface area (Å²) in [4.78, 5) is 4.03. The Labute approximate surface area is 135 Å². The van der Waals surface area contributed by atoms with Crippen LogP contribution in [-0.4, -0.2) is 24.0 Å². The van der Waals surface area contributed by atoms with Gasteiger partial charge in [0.25, 0.3) is 0 Å². The van der Waals surface area contributed by atoms with Crippen molar-refractivity contribution in [2.24, 2.45) is 11.1 Å². The van der Waals surface area contributed by atoms with E-state index in [1.165, 1.54) is 41.0 Å². The molecule has 0 radical (unpaired) electrons. The molecule has 114 valence electrons. The summed E-state index contributed by atoms with van der Waals surface area (Å²) in [7, 11) is 0. The van der Waals surface area contributed by atoms with Crippen molar-refractivity contribution in [3.8, 4) is 0 Å². The third-order valence-electron chi connectivity index (χ3n) is 4.53. The molecule has 1 aliphatic rings. The normalized spacial score (nSPS) is 23.2. The monoisotopic (exact) mass is 358 g/mol. The summed E-state index contributed by atoms with van der Waals surface area (Å²) in [5.74, 6) is 0. The Morgan fingerprint density at radius 3 is 2.70 bits per heavy atom. The molecule has 4 heteroatoms. The molecule has 1 aromatic rings. The molecule has 2 rings (SSSR count). The minimum atomic E-state index is 0.224. The lowest BCUT2D eigenvalue weighted by Crippen LogP contribution is -2.41. The van der Waals surface area contributed by atoms with Gasteiger partial charge in [-0.05, 0) is 72.3 Å². The van der Waals surface area contributed by atoms with Crippen molar-refractivity contribution < 1.29 is 0 Å². The highest BCUT2D eigenvalue weighted by Gasteiger charge is 2.31. The molecule has 2 atom stereocenters. The highest BCUT2D eigenvalue weighted by Crippen LogP contribution is 2.37. The van der Waals surface area contributed by atoms with Gasteiger partial charge in [0.1, 0.15) is 0 Å². The van der Waals surface area contributed by atoms with E-state index < -0.39 is 0 Å². The molecular formula is C16H27BrN2S. The summed E-state index contributed by atoms with van der Waals surface area (Å²) in [5.41, 5.74) is 6.94. The fourth-order valence-electron chi connectivity index (χ4n) is 3.09. The van der Waals surface area contributed by atoms with Crippen LogP contribution in [0.3, 0.4) is 0 Å². The number of thiophene rings is 1. The maximum atomic E-state index is 6.46. The van der Waals surface area contributed by atoms with Gasteiger partial charge in [-0.1, -0.05) is 20.8 Å². The second kappa shape index (κ2) is 6.91. The molecule has 0 aliphatic carbocycles. The lowest BCUT2D eigenvalue weighted by Gasteiger charge is -2.34. The van der Waals surface area contributed by atoms with Crippen molar-refractivity contribution in [3.63, 3.8) is 0 Å². The predicted molar refractivity (Wildman–Crippen MR) is 92.2 cm³/mol. The van der Waals surface area contributed by atoms with E-state index >= 15 is 0 Å². The van der Waals surface area contributed by atoms with E-state index in [1.807, 2.05) is 11.3 Å². The number of nitrogens with two attached hydrogens (primary N) is 1. The number of hydrogen-bond donors (Lipinski definition) is 1. The van der Waals surface area contributed by atoms with E-state index in [1.54, 1.807) is 0 Å². The molecule has 2 unspecified atom stereocenters. The van der Waals surface area contributed by atoms with Crippen LogP contribution in [0.1, 0.15) is 57.4 Å². The average Bonchev–Trinajstić information content (AvgIpc) is 2.73. The summed E-state index contributed by atoms with van der Waals surface area (Å²) in [6, 6.07) is 4.99. The van der Waals surface area contributed by atoms with Crippen molar-refractivity contribution in [1.29, 1.82) is 0 Å². The Morgan fingerprint density at radius 1 is 1.35 bits per heavy atom. The van der Waals surface area contributed by atoms with Crippen LogP contribution in [-0.2, 0) is 0 Å². The molecule has 2 heterocycles. The van der Waals surface area contributed by atoms with Crippen LogP contribution in [0.5, 0.6) is 0 Å². The molecular weight excluding hydrogens is 332 g/mol. The third kappa shape index (κ3) is 4.06. The van der Waals surface area contributed by atoms with Crippen LogP contribution in [0.25, 0.3) is 0 Å². The largest absolute Gasteiger partial charge is 0.326 e. The van der Waals surface area contributed by atoms with Crippen LogP contribution in [0.4, 0.5) is 0 Å². The molecule has 1 aliphatic heterocycles. The Kier molecular flexibility index (Phi) is 5.69. The van der Waals surface area contributed by atoms with Gasteiger partial charge in [-0.15, -0.1) is 11.3 Å². The Morgan fingerprint density at radius 2 is 2.10 bits per heavy atom. The fraction of sp³-hybridized carbons (Fsp3) is 0.750. The molecule has 0 aromatic carbocycles. The molecule has 2 N–H and O–H groups in total. The second-order valence-electron chi connectivity index (χ2n) is 6.71. The molecule has 1 aromatic heterocycles. The Balaban J connectivity index is 2.18. The lowest BCUT2D eigenvalue weighted by molar-refractivity contribution is 0.171. The van der Waals surface area contributed by atoms with E-state index in [0.29, 0.717) is 11.5 Å². The summed E-state index contributed by atoms with van der Waals surface area (Å²) in [6.45, 7) is 9.33. The first-order valence-corrected chi connectivity index (χ1v) is 9.29. The van der Waals surface area contributed by atoms with Crippen LogP contribution in [0.15, 0.2) is 15.9 Å². The minimum absolute atomic E-state index is 0.224. The van der Waals surface area contributed by atoms with Gasteiger partial charge in [-0.2, -0.15) is 0 Å². The number of hydrogen-bond acceptors (Lipinski definition) is 3. The molecule has 0 spiro atoms. The first kappa shape index (κ1) is 16.5. The van der Waals surface area contributed by atoms with Crippen molar-refractivity contribution in [3.05, 3.63) is 20.8 Å². The Hall–Kier alpha value is 0.1000. The fourth-order valence-corrected chi connectivity index (χ4v) is 4.73. The van der Waals surface area contributed by atoms with Crippen LogP contribution >= 0.6 is 27.3 Å². The lowest BCUT2D eigenvalue weighted by atomic mass is 9.85. The number of nitrogens with zero attached hydrogens (tertiary/aromatic N) is 1. The summed E-state index contributed by atoms with van der Waals surface area (Å²) >= 11 is 5.42. The van der Waals surface area contributed by atoms with Gasteiger partial charge in [0.15, 0.2) is 0 Å². The van der Waals surface area contributed by atoms with E-state index in [9.17, 15) is 0 Å². The second-order valence-corrected chi connectivity index (χ2v) is 9.21. The van der Waals surface area contributed by atoms with Crippen LogP contribution in [0.2, 0.25) is 0 Å². The van der Waals surface area contributed by atoms with Gasteiger partial charge < -0.3 is 5.73 Å². The first-order chi connectivity index (χ1) is 9.43. The van der Waals surface area contributed by atoms with Gasteiger partial charge in [0.05, 0.1) is 9.83 Å². The zero-order chi connectivity index (χ0) is 14.8. The predicted octanol–water partition coefficient (Wildman–Crippen LogP) is 4.80. The zero-order valence-corrected chi connectivity index (χ0v) is 15.3. The summed E-state index contributed by atoms with van der Waals surface area (Å²) in [5, 5.41) is 0. The van der Waals surface area contributed by atoms with Gasteiger partial charge in [0, 0.05) is 10.9 Å². The topological polar surface area (TPSA) is 29.3 Å². The highest BCUT2D eigenvalue weighted by molar-refractivity contribution is 9.11. The molecule has 1 saturated heterocycles. The summed E-state index contributed by atoms with van der Waals surface area (Å²) in [6.07, 6.45) is 4.91. The zero-order valence-electron chi connectivity index (χ0n) is 12.9. The van der Waals surface area contributed by atoms with Gasteiger partial charge in [0.2, 0.25) is 0 Å². The van der Waals surface area contributed by atoms with E-state index in [0.717, 1.165) is 6.42 Å². The standard InChI is InChI=1S/C16H27BrN2S/c1-4-12(18)15(13-6-7-14(17)20-13)19-10-5-8-16(2,3)9-11-19/h6-7,12,15H,4-5,8-11,18H2,1-3H3. The van der Waals surface area contributed by atoms with Crippen molar-refractivity contribution in [1.82, 2.24) is 4.90 Å². The smallest absolute Gasteiger partial charge is 0.0702 e. The Bertz CT molecular complexity index is 430. The number of likely N-dealkylation sites (tertiary alicyclic amines) is 1. The maximum absolute atomic E-state index is 6.46. The average molecular weight is 359 g/mol. The van der Waals surface area contributed by atoms with E-state index in [-0.39, 0.29) is 6.04 Å². The molecule has 20 heavy (non-hydrogen) atoms. The quantitative estimate of drug-likeness (QED) is 0.837. The van der Waals surface area contributed by atoms with Gasteiger partial charge in [-0.3, -0.25) is 4.90 Å². The van der Waals surface area contributed by atoms with E-state index in [2.05, 4.69) is 53.7 Å². The van der Waals surface area contributed by atoms with Crippen molar-refractivity contribution >= 4 is 27.3 Å². The maximum Gasteiger partial charge on any atom is 0.0702 e. The van der Waals surface area contributed by atoms with Gasteiger partial charge >= 0.3 is 0 Å². The number of halogens is 1. The highest BCUT2D eigenvalue weighted by atomic mass is 79.9. The third-order valence-corrected chi connectivity index (χ3v) is 6.22. The molecule has 2 nitrogen and oxygen atoms in total. The van der Waals surface area contributed by atoms with Crippen molar-refractivity contribution in [2.45, 2.75) is 58.5 Å². The van der Waals surface area contributed by atoms with E-state index in [4.69, 9.17) is 5.73 Å². The molecule has 1 fully saturated rings. The van der Waals surface area contributed by atoms with Crippen LogP contribution in [0, 0.1) is 5.41 Å². The van der Waals surface area contributed by atoms with Crippen LogP contribution < -0.4 is 5.73 Å². The molecule has 0 amide bonds. The van der Waals surface area contributed by atoms with Crippen molar-refractivity contribution in [2.75, 3.05) is 13.1 Å². The number of rotatable bonds is 4. The van der Waals surface area contributed by atoms with Gasteiger partial charge in [-0.25, -0.2) is 0 Å². The molecule has 0 saturated carbocycles. The SMILES string of the molecule is CCC(N)C(c1ccc(Br)s1)N1CCCC(C)(C)CC1. The first-order valence-electron chi connectivity index (χ1n) is 7.68. The minimum Gasteiger partial charge on any atom is -0.326 e. The summed E-state index contributed by atoms with van der Waals surface area (Å²) < 4.78 is 1.20. The molecule has 0 bridgehead atoms.